The number of nitrogens with zero attached hydrogens (tertiary/aromatic N) is 1. The van der Waals surface area contributed by atoms with Gasteiger partial charge in [-0.05, 0) is 41.5 Å². The summed E-state index contributed by atoms with van der Waals surface area (Å²) < 4.78 is 0. The molecule has 3 N–H and O–H groups in total. The molecule has 0 radical (unpaired) electrons. The fraction of sp³-hybridized carbons (Fsp3) is 0.0909. The number of fused-ring (bicyclic) bond motifs is 1. The van der Waals surface area contributed by atoms with Crippen molar-refractivity contribution in [1.29, 1.82) is 0 Å². The van der Waals surface area contributed by atoms with Crippen molar-refractivity contribution < 1.29 is 15.0 Å². The second-order valence-electron chi connectivity index (χ2n) is 6.25. The lowest BCUT2D eigenvalue weighted by Gasteiger charge is -2.07. The molecule has 0 aliphatic rings. The number of hydrogen-bond acceptors (Lipinski definition) is 4. The molecule has 1 atom stereocenters. The van der Waals surface area contributed by atoms with Crippen molar-refractivity contribution in [2.45, 2.75) is 13.0 Å². The Morgan fingerprint density at radius 2 is 1.79 bits per heavy atom. The standard InChI is InChI=1S/C22H19ClN2O3/c1-14(26)6-7-15-8-9-17(19-5-3-2-4-18(15)19)13-24-25-22(28)16-10-11-21(27)20(23)12-16/h2-14,26-27H,1H3,(H,25,28). The quantitative estimate of drug-likeness (QED) is 0.444. The third-order valence-corrected chi connectivity index (χ3v) is 4.43. The predicted molar refractivity (Wildman–Crippen MR) is 113 cm³/mol. The fourth-order valence-electron chi connectivity index (χ4n) is 2.72. The Kier molecular flexibility index (Phi) is 6.09. The maximum absolute atomic E-state index is 12.2. The highest BCUT2D eigenvalue weighted by atomic mass is 35.5. The third kappa shape index (κ3) is 4.57. The molecule has 0 aliphatic heterocycles. The molecule has 3 aromatic rings. The van der Waals surface area contributed by atoms with Crippen molar-refractivity contribution in [3.05, 3.63) is 82.4 Å². The van der Waals surface area contributed by atoms with Crippen LogP contribution in [0.3, 0.4) is 0 Å². The molecule has 0 bridgehead atoms. The number of aliphatic hydroxyl groups is 1. The van der Waals surface area contributed by atoms with Crippen molar-refractivity contribution in [2.75, 3.05) is 0 Å². The van der Waals surface area contributed by atoms with Gasteiger partial charge in [0.2, 0.25) is 0 Å². The Morgan fingerprint density at radius 1 is 1.11 bits per heavy atom. The molecule has 0 aliphatic carbocycles. The monoisotopic (exact) mass is 394 g/mol. The summed E-state index contributed by atoms with van der Waals surface area (Å²) in [6, 6.07) is 15.9. The normalized spacial score (nSPS) is 12.7. The van der Waals surface area contributed by atoms with Crippen molar-refractivity contribution >= 4 is 40.6 Å². The Labute approximate surface area is 167 Å². The van der Waals surface area contributed by atoms with Gasteiger partial charge in [0.25, 0.3) is 5.91 Å². The minimum absolute atomic E-state index is 0.0853. The number of carbonyl (C=O) groups is 1. The number of aromatic hydroxyl groups is 1. The van der Waals surface area contributed by atoms with Gasteiger partial charge >= 0.3 is 0 Å². The van der Waals surface area contributed by atoms with E-state index in [4.69, 9.17) is 11.6 Å². The van der Waals surface area contributed by atoms with E-state index in [-0.39, 0.29) is 10.8 Å². The number of phenols is 1. The second kappa shape index (κ2) is 8.69. The number of rotatable bonds is 5. The molecule has 0 spiro atoms. The number of amides is 1. The summed E-state index contributed by atoms with van der Waals surface area (Å²) in [5.41, 5.74) is 4.58. The molecular weight excluding hydrogens is 376 g/mol. The Hall–Kier alpha value is -3.15. The van der Waals surface area contributed by atoms with E-state index in [2.05, 4.69) is 10.5 Å². The van der Waals surface area contributed by atoms with E-state index in [0.29, 0.717) is 5.56 Å². The zero-order valence-electron chi connectivity index (χ0n) is 15.1. The maximum atomic E-state index is 12.2. The number of benzene rings is 3. The molecule has 0 fully saturated rings. The number of aliphatic hydroxyl groups excluding tert-OH is 1. The van der Waals surface area contributed by atoms with Gasteiger partial charge in [0, 0.05) is 11.1 Å². The maximum Gasteiger partial charge on any atom is 0.271 e. The first-order valence-corrected chi connectivity index (χ1v) is 9.03. The van der Waals surface area contributed by atoms with Gasteiger partial charge in [0.05, 0.1) is 17.3 Å². The molecule has 1 amide bonds. The number of carbonyl (C=O) groups excluding carboxylic acids is 1. The van der Waals surface area contributed by atoms with E-state index in [1.54, 1.807) is 19.2 Å². The van der Waals surface area contributed by atoms with Crippen molar-refractivity contribution in [2.24, 2.45) is 5.10 Å². The lowest BCUT2D eigenvalue weighted by Crippen LogP contribution is -2.17. The largest absolute Gasteiger partial charge is 0.506 e. The molecule has 142 valence electrons. The van der Waals surface area contributed by atoms with Gasteiger partial charge < -0.3 is 10.2 Å². The highest BCUT2D eigenvalue weighted by molar-refractivity contribution is 6.32. The van der Waals surface area contributed by atoms with E-state index in [1.807, 2.05) is 42.5 Å². The number of phenolic OH excluding ortho intramolecular Hbond substituents is 1. The molecule has 5 nitrogen and oxygen atoms in total. The molecular formula is C22H19ClN2O3. The molecule has 3 aromatic carbocycles. The summed E-state index contributed by atoms with van der Waals surface area (Å²) in [5.74, 6) is -0.517. The zero-order valence-corrected chi connectivity index (χ0v) is 15.9. The lowest BCUT2D eigenvalue weighted by atomic mass is 9.99. The molecule has 28 heavy (non-hydrogen) atoms. The van der Waals surface area contributed by atoms with E-state index in [0.717, 1.165) is 21.9 Å². The van der Waals surface area contributed by atoms with Crippen LogP contribution in [0.2, 0.25) is 5.02 Å². The summed E-state index contributed by atoms with van der Waals surface area (Å²) in [7, 11) is 0. The van der Waals surface area contributed by atoms with Gasteiger partial charge in [-0.1, -0.05) is 60.2 Å². The van der Waals surface area contributed by atoms with E-state index in [1.165, 1.54) is 18.2 Å². The average Bonchev–Trinajstić information content (AvgIpc) is 2.69. The van der Waals surface area contributed by atoms with Crippen LogP contribution in [-0.4, -0.2) is 28.4 Å². The summed E-state index contributed by atoms with van der Waals surface area (Å²) in [6.45, 7) is 1.70. The van der Waals surface area contributed by atoms with Crippen LogP contribution in [0.5, 0.6) is 5.75 Å². The Morgan fingerprint density at radius 3 is 2.46 bits per heavy atom. The van der Waals surface area contributed by atoms with Gasteiger partial charge in [0.15, 0.2) is 0 Å². The van der Waals surface area contributed by atoms with Crippen LogP contribution in [0.25, 0.3) is 16.8 Å². The predicted octanol–water partition coefficient (Wildman–Crippen LogP) is 4.36. The van der Waals surface area contributed by atoms with Crippen LogP contribution >= 0.6 is 11.6 Å². The highest BCUT2D eigenvalue weighted by Crippen LogP contribution is 2.24. The fourth-order valence-corrected chi connectivity index (χ4v) is 2.90. The molecule has 0 saturated heterocycles. The lowest BCUT2D eigenvalue weighted by molar-refractivity contribution is 0.0955. The number of hydrogen-bond donors (Lipinski definition) is 3. The van der Waals surface area contributed by atoms with Crippen LogP contribution in [-0.2, 0) is 0 Å². The van der Waals surface area contributed by atoms with Crippen molar-refractivity contribution in [3.63, 3.8) is 0 Å². The summed E-state index contributed by atoms with van der Waals surface area (Å²) in [5, 5.41) is 25.0. The van der Waals surface area contributed by atoms with Crippen molar-refractivity contribution in [3.8, 4) is 5.75 Å². The first-order chi connectivity index (χ1) is 13.5. The third-order valence-electron chi connectivity index (χ3n) is 4.13. The SMILES string of the molecule is CC(O)C=Cc1ccc(C=NNC(=O)c2ccc(O)c(Cl)c2)c2ccccc12. The first-order valence-electron chi connectivity index (χ1n) is 8.65. The van der Waals surface area contributed by atoms with Crippen molar-refractivity contribution in [1.82, 2.24) is 5.43 Å². The number of halogens is 1. The zero-order chi connectivity index (χ0) is 20.1. The topological polar surface area (TPSA) is 81.9 Å². The van der Waals surface area contributed by atoms with Crippen LogP contribution in [0, 0.1) is 0 Å². The van der Waals surface area contributed by atoms with Gasteiger partial charge in [-0.3, -0.25) is 4.79 Å². The number of nitrogens with one attached hydrogen (secondary N) is 1. The minimum Gasteiger partial charge on any atom is -0.506 e. The smallest absolute Gasteiger partial charge is 0.271 e. The minimum atomic E-state index is -0.524. The van der Waals surface area contributed by atoms with E-state index in [9.17, 15) is 15.0 Å². The highest BCUT2D eigenvalue weighted by Gasteiger charge is 2.08. The van der Waals surface area contributed by atoms with E-state index >= 15 is 0 Å². The first kappa shape index (κ1) is 19.6. The summed E-state index contributed by atoms with van der Waals surface area (Å²) in [4.78, 5) is 12.2. The molecule has 6 heteroatoms. The van der Waals surface area contributed by atoms with Crippen LogP contribution < -0.4 is 5.43 Å². The van der Waals surface area contributed by atoms with Crippen LogP contribution in [0.1, 0.15) is 28.4 Å². The molecule has 1 unspecified atom stereocenters. The molecule has 3 rings (SSSR count). The molecule has 0 saturated carbocycles. The van der Waals surface area contributed by atoms with Gasteiger partial charge in [-0.15, -0.1) is 0 Å². The number of hydrazone groups is 1. The van der Waals surface area contributed by atoms with Crippen LogP contribution in [0.15, 0.2) is 65.8 Å². The molecule has 0 aromatic heterocycles. The summed E-state index contributed by atoms with van der Waals surface area (Å²) >= 11 is 5.82. The van der Waals surface area contributed by atoms with E-state index < -0.39 is 12.0 Å². The Balaban J connectivity index is 1.83. The van der Waals surface area contributed by atoms with Gasteiger partial charge in [0.1, 0.15) is 5.75 Å². The van der Waals surface area contributed by atoms with Gasteiger partial charge in [-0.2, -0.15) is 5.10 Å². The Bertz CT molecular complexity index is 1070. The van der Waals surface area contributed by atoms with Crippen LogP contribution in [0.4, 0.5) is 0 Å². The molecule has 0 heterocycles. The second-order valence-corrected chi connectivity index (χ2v) is 6.66. The van der Waals surface area contributed by atoms with Gasteiger partial charge in [-0.25, -0.2) is 5.43 Å². The summed E-state index contributed by atoms with van der Waals surface area (Å²) in [6.07, 6.45) is 4.65. The average molecular weight is 395 g/mol.